The Balaban J connectivity index is 1.69. The number of anilines is 1. The van der Waals surface area contributed by atoms with Crippen LogP contribution in [0.2, 0.25) is 0 Å². The van der Waals surface area contributed by atoms with Crippen LogP contribution in [-0.2, 0) is 6.54 Å². The third-order valence-electron chi connectivity index (χ3n) is 4.12. The molecule has 2 aliphatic heterocycles. The molecule has 1 N–H and O–H groups in total. The molecule has 3 rings (SSSR count). The number of nitrogens with one attached hydrogen (secondary N) is 1. The lowest BCUT2D eigenvalue weighted by atomic mass is 10.0. The maximum absolute atomic E-state index is 12.4. The molecule has 0 spiro atoms. The molecule has 0 aliphatic carbocycles. The molecule has 1 aromatic heterocycles. The highest BCUT2D eigenvalue weighted by atomic mass is 16.2. The maximum atomic E-state index is 12.4. The van der Waals surface area contributed by atoms with Gasteiger partial charge in [0.2, 0.25) is 5.95 Å². The van der Waals surface area contributed by atoms with Gasteiger partial charge in [0, 0.05) is 32.4 Å². The average Bonchev–Trinajstić information content (AvgIpc) is 3.04. The number of fused-ring (bicyclic) bond motifs is 1. The Hall–Kier alpha value is -1.52. The van der Waals surface area contributed by atoms with Crippen molar-refractivity contribution in [1.29, 1.82) is 0 Å². The summed E-state index contributed by atoms with van der Waals surface area (Å²) in [4.78, 5) is 18.8. The summed E-state index contributed by atoms with van der Waals surface area (Å²) in [5.74, 6) is 1.63. The van der Waals surface area contributed by atoms with Crippen LogP contribution < -0.4 is 5.32 Å². The summed E-state index contributed by atoms with van der Waals surface area (Å²) < 4.78 is 2.05. The van der Waals surface area contributed by atoms with Gasteiger partial charge in [0.25, 0.3) is 5.91 Å². The molecule has 1 amide bonds. The van der Waals surface area contributed by atoms with Gasteiger partial charge >= 0.3 is 0 Å². The minimum atomic E-state index is 0.0994. The first kappa shape index (κ1) is 12.5. The number of hydrogen-bond donors (Lipinski definition) is 1. The Bertz CT molecular complexity index is 445. The summed E-state index contributed by atoms with van der Waals surface area (Å²) >= 11 is 0. The maximum Gasteiger partial charge on any atom is 0.274 e. The molecule has 0 radical (unpaired) electrons. The first-order chi connectivity index (χ1) is 9.28. The number of nitrogens with zero attached hydrogens (tertiary/aromatic N) is 3. The highest BCUT2D eigenvalue weighted by molar-refractivity contribution is 5.92. The van der Waals surface area contributed by atoms with Gasteiger partial charge in [-0.1, -0.05) is 13.3 Å². The number of carbonyl (C=O) groups is 1. The normalized spacial score (nSPS) is 22.2. The van der Waals surface area contributed by atoms with Crippen molar-refractivity contribution in [3.63, 3.8) is 0 Å². The summed E-state index contributed by atoms with van der Waals surface area (Å²) in [6.07, 6.45) is 6.57. The minimum absolute atomic E-state index is 0.0994. The molecular formula is C14H22N4O. The van der Waals surface area contributed by atoms with E-state index in [0.717, 1.165) is 45.0 Å². The molecule has 2 aliphatic rings. The fraction of sp³-hybridized carbons (Fsp3) is 0.714. The SMILES string of the molecule is CCCC1CCN(C(=O)c2cn3c(n2)NCCC3)C1. The Morgan fingerprint density at radius 3 is 3.21 bits per heavy atom. The fourth-order valence-corrected chi connectivity index (χ4v) is 3.10. The van der Waals surface area contributed by atoms with Crippen LogP contribution >= 0.6 is 0 Å². The smallest absolute Gasteiger partial charge is 0.274 e. The van der Waals surface area contributed by atoms with Crippen LogP contribution in [0.25, 0.3) is 0 Å². The van der Waals surface area contributed by atoms with E-state index in [1.165, 1.54) is 12.8 Å². The van der Waals surface area contributed by atoms with E-state index in [9.17, 15) is 4.79 Å². The Morgan fingerprint density at radius 1 is 1.53 bits per heavy atom. The van der Waals surface area contributed by atoms with E-state index < -0.39 is 0 Å². The molecule has 0 bridgehead atoms. The number of rotatable bonds is 3. The molecule has 1 fully saturated rings. The second kappa shape index (κ2) is 5.23. The van der Waals surface area contributed by atoms with Crippen molar-refractivity contribution in [2.75, 3.05) is 25.0 Å². The number of aromatic nitrogens is 2. The molecule has 1 atom stereocenters. The van der Waals surface area contributed by atoms with Crippen molar-refractivity contribution in [3.05, 3.63) is 11.9 Å². The van der Waals surface area contributed by atoms with E-state index in [0.29, 0.717) is 11.6 Å². The highest BCUT2D eigenvalue weighted by Gasteiger charge is 2.28. The van der Waals surface area contributed by atoms with Crippen molar-refractivity contribution in [3.8, 4) is 0 Å². The van der Waals surface area contributed by atoms with Crippen LogP contribution in [-0.4, -0.2) is 40.0 Å². The van der Waals surface area contributed by atoms with Crippen molar-refractivity contribution < 1.29 is 4.79 Å². The topological polar surface area (TPSA) is 50.2 Å². The molecule has 5 heteroatoms. The van der Waals surface area contributed by atoms with Gasteiger partial charge in [0.05, 0.1) is 0 Å². The van der Waals surface area contributed by atoms with Gasteiger partial charge in [-0.15, -0.1) is 0 Å². The van der Waals surface area contributed by atoms with Gasteiger partial charge in [-0.25, -0.2) is 4.98 Å². The first-order valence-electron chi connectivity index (χ1n) is 7.38. The standard InChI is InChI=1S/C14H22N4O/c1-2-4-11-5-8-17(9-11)13(19)12-10-18-7-3-6-15-14(18)16-12/h10-11H,2-9H2,1H3,(H,15,16). The molecule has 0 aromatic carbocycles. The van der Waals surface area contributed by atoms with Gasteiger partial charge in [-0.3, -0.25) is 4.79 Å². The molecule has 3 heterocycles. The minimum Gasteiger partial charge on any atom is -0.356 e. The van der Waals surface area contributed by atoms with Gasteiger partial charge in [-0.05, 0) is 25.2 Å². The zero-order chi connectivity index (χ0) is 13.2. The largest absolute Gasteiger partial charge is 0.356 e. The number of aryl methyl sites for hydroxylation is 1. The molecule has 1 aromatic rings. The first-order valence-corrected chi connectivity index (χ1v) is 7.38. The lowest BCUT2D eigenvalue weighted by Gasteiger charge is -2.14. The lowest BCUT2D eigenvalue weighted by molar-refractivity contribution is 0.0781. The van der Waals surface area contributed by atoms with E-state index in [1.54, 1.807) is 0 Å². The average molecular weight is 262 g/mol. The second-order valence-electron chi connectivity index (χ2n) is 5.62. The van der Waals surface area contributed by atoms with E-state index >= 15 is 0 Å². The molecule has 5 nitrogen and oxygen atoms in total. The van der Waals surface area contributed by atoms with Crippen LogP contribution in [0.5, 0.6) is 0 Å². The van der Waals surface area contributed by atoms with E-state index in [4.69, 9.17) is 0 Å². The third-order valence-corrected chi connectivity index (χ3v) is 4.12. The van der Waals surface area contributed by atoms with Crippen LogP contribution in [0.4, 0.5) is 5.95 Å². The Labute approximate surface area is 114 Å². The van der Waals surface area contributed by atoms with Crippen LogP contribution in [0.15, 0.2) is 6.20 Å². The molecule has 104 valence electrons. The van der Waals surface area contributed by atoms with E-state index in [1.807, 2.05) is 11.1 Å². The molecule has 1 saturated heterocycles. The van der Waals surface area contributed by atoms with Crippen molar-refractivity contribution in [2.45, 2.75) is 39.2 Å². The monoisotopic (exact) mass is 262 g/mol. The molecule has 1 unspecified atom stereocenters. The summed E-state index contributed by atoms with van der Waals surface area (Å²) in [6, 6.07) is 0. The van der Waals surface area contributed by atoms with Crippen molar-refractivity contribution in [1.82, 2.24) is 14.5 Å². The summed E-state index contributed by atoms with van der Waals surface area (Å²) in [5, 5.41) is 3.24. The Morgan fingerprint density at radius 2 is 2.42 bits per heavy atom. The fourth-order valence-electron chi connectivity index (χ4n) is 3.10. The predicted octanol–water partition coefficient (Wildman–Crippen LogP) is 1.96. The number of hydrogen-bond acceptors (Lipinski definition) is 3. The van der Waals surface area contributed by atoms with Crippen molar-refractivity contribution >= 4 is 11.9 Å². The second-order valence-corrected chi connectivity index (χ2v) is 5.62. The third kappa shape index (κ3) is 2.46. The number of carbonyl (C=O) groups excluding carboxylic acids is 1. The molecular weight excluding hydrogens is 240 g/mol. The number of imidazole rings is 1. The van der Waals surface area contributed by atoms with Crippen LogP contribution in [0.3, 0.4) is 0 Å². The lowest BCUT2D eigenvalue weighted by Crippen LogP contribution is -2.29. The molecule has 0 saturated carbocycles. The Kier molecular flexibility index (Phi) is 3.44. The summed E-state index contributed by atoms with van der Waals surface area (Å²) in [7, 11) is 0. The number of amides is 1. The van der Waals surface area contributed by atoms with Gasteiger partial charge < -0.3 is 14.8 Å². The van der Waals surface area contributed by atoms with Crippen molar-refractivity contribution in [2.24, 2.45) is 5.92 Å². The summed E-state index contributed by atoms with van der Waals surface area (Å²) in [5.41, 5.74) is 0.599. The van der Waals surface area contributed by atoms with Crippen LogP contribution in [0, 0.1) is 5.92 Å². The summed E-state index contributed by atoms with van der Waals surface area (Å²) in [6.45, 7) is 5.91. The number of likely N-dealkylation sites (tertiary alicyclic amines) is 1. The van der Waals surface area contributed by atoms with Gasteiger partial charge in [0.1, 0.15) is 5.69 Å². The zero-order valence-electron chi connectivity index (χ0n) is 11.6. The predicted molar refractivity (Wildman–Crippen MR) is 74.3 cm³/mol. The van der Waals surface area contributed by atoms with E-state index in [-0.39, 0.29) is 5.91 Å². The van der Waals surface area contributed by atoms with Gasteiger partial charge in [-0.2, -0.15) is 0 Å². The van der Waals surface area contributed by atoms with Crippen LogP contribution in [0.1, 0.15) is 43.1 Å². The van der Waals surface area contributed by atoms with Gasteiger partial charge in [0.15, 0.2) is 0 Å². The zero-order valence-corrected chi connectivity index (χ0v) is 11.6. The molecule has 19 heavy (non-hydrogen) atoms. The highest BCUT2D eigenvalue weighted by Crippen LogP contribution is 2.23. The quantitative estimate of drug-likeness (QED) is 0.906. The van der Waals surface area contributed by atoms with E-state index in [2.05, 4.69) is 21.8 Å².